The van der Waals surface area contributed by atoms with Gasteiger partial charge in [-0.1, -0.05) is 6.92 Å². The lowest BCUT2D eigenvalue weighted by molar-refractivity contribution is -0.125. The Hall–Kier alpha value is -0.610. The highest BCUT2D eigenvalue weighted by molar-refractivity contribution is 5.79. The molecule has 2 bridgehead atoms. The van der Waals surface area contributed by atoms with Crippen molar-refractivity contribution in [3.05, 3.63) is 0 Å². The van der Waals surface area contributed by atoms with Gasteiger partial charge in [0.2, 0.25) is 5.91 Å². The zero-order valence-electron chi connectivity index (χ0n) is 10.4. The van der Waals surface area contributed by atoms with E-state index in [-0.39, 0.29) is 11.8 Å². The smallest absolute Gasteiger partial charge is 0.224 e. The van der Waals surface area contributed by atoms with Crippen LogP contribution in [0.5, 0.6) is 0 Å². The third-order valence-corrected chi connectivity index (χ3v) is 4.62. The molecule has 4 heteroatoms. The first-order valence-corrected chi connectivity index (χ1v) is 6.88. The fourth-order valence-electron chi connectivity index (χ4n) is 3.48. The molecule has 2 N–H and O–H groups in total. The molecule has 5 unspecified atom stereocenters. The zero-order valence-corrected chi connectivity index (χ0v) is 10.4. The average molecular weight is 238 g/mol. The Labute approximate surface area is 102 Å². The lowest BCUT2D eigenvalue weighted by Gasteiger charge is -2.21. The van der Waals surface area contributed by atoms with Crippen LogP contribution < -0.4 is 10.6 Å². The van der Waals surface area contributed by atoms with Crippen LogP contribution in [0.4, 0.5) is 0 Å². The van der Waals surface area contributed by atoms with Gasteiger partial charge in [-0.25, -0.2) is 0 Å². The van der Waals surface area contributed by atoms with E-state index in [4.69, 9.17) is 4.74 Å². The van der Waals surface area contributed by atoms with Gasteiger partial charge in [0.25, 0.3) is 0 Å². The normalized spacial score (nSPS) is 44.2. The molecule has 5 atom stereocenters. The van der Waals surface area contributed by atoms with Crippen molar-refractivity contribution in [1.82, 2.24) is 10.6 Å². The second-order valence-electron chi connectivity index (χ2n) is 5.86. The van der Waals surface area contributed by atoms with Crippen LogP contribution in [-0.2, 0) is 9.53 Å². The fraction of sp³-hybridized carbons (Fsp3) is 0.923. The molecule has 1 amide bonds. The van der Waals surface area contributed by atoms with Crippen LogP contribution in [0.15, 0.2) is 0 Å². The molecule has 0 spiro atoms. The van der Waals surface area contributed by atoms with Gasteiger partial charge in [0.15, 0.2) is 0 Å². The molecule has 3 aliphatic heterocycles. The van der Waals surface area contributed by atoms with E-state index in [0.29, 0.717) is 24.0 Å². The number of amides is 1. The maximum absolute atomic E-state index is 12.0. The van der Waals surface area contributed by atoms with Crippen LogP contribution in [0, 0.1) is 17.8 Å². The average Bonchev–Trinajstić information content (AvgIpc) is 3.01. The van der Waals surface area contributed by atoms with Crippen molar-refractivity contribution >= 4 is 5.91 Å². The molecule has 3 saturated heterocycles. The Kier molecular flexibility index (Phi) is 3.09. The molecule has 0 aromatic carbocycles. The van der Waals surface area contributed by atoms with Gasteiger partial charge in [0.1, 0.15) is 0 Å². The Bertz CT molecular complexity index is 308. The minimum absolute atomic E-state index is 0.162. The third kappa shape index (κ3) is 2.20. The van der Waals surface area contributed by atoms with Crippen molar-refractivity contribution in [1.29, 1.82) is 0 Å². The van der Waals surface area contributed by atoms with E-state index in [1.165, 1.54) is 12.8 Å². The molecule has 0 radical (unpaired) electrons. The van der Waals surface area contributed by atoms with E-state index in [1.807, 2.05) is 0 Å². The molecule has 17 heavy (non-hydrogen) atoms. The van der Waals surface area contributed by atoms with E-state index in [9.17, 15) is 4.79 Å². The second kappa shape index (κ2) is 4.58. The quantitative estimate of drug-likeness (QED) is 0.754. The first-order chi connectivity index (χ1) is 8.24. The monoisotopic (exact) mass is 238 g/mol. The largest absolute Gasteiger partial charge is 0.375 e. The van der Waals surface area contributed by atoms with Crippen molar-refractivity contribution in [3.63, 3.8) is 0 Å². The molecule has 0 aromatic heterocycles. The number of hydrogen-bond donors (Lipinski definition) is 2. The van der Waals surface area contributed by atoms with Crippen LogP contribution in [-0.4, -0.2) is 37.7 Å². The lowest BCUT2D eigenvalue weighted by atomic mass is 9.89. The van der Waals surface area contributed by atoms with E-state index in [0.717, 1.165) is 26.1 Å². The Morgan fingerprint density at radius 2 is 2.29 bits per heavy atom. The molecular weight excluding hydrogens is 216 g/mol. The van der Waals surface area contributed by atoms with Gasteiger partial charge in [0.05, 0.1) is 18.1 Å². The Morgan fingerprint density at radius 3 is 2.88 bits per heavy atom. The van der Waals surface area contributed by atoms with Crippen LogP contribution in [0.25, 0.3) is 0 Å². The summed E-state index contributed by atoms with van der Waals surface area (Å²) in [5, 5.41) is 6.40. The zero-order chi connectivity index (χ0) is 11.8. The maximum Gasteiger partial charge on any atom is 0.224 e. The van der Waals surface area contributed by atoms with Crippen LogP contribution >= 0.6 is 0 Å². The topological polar surface area (TPSA) is 50.4 Å². The fourth-order valence-corrected chi connectivity index (χ4v) is 3.48. The molecule has 0 saturated carbocycles. The number of fused-ring (bicyclic) bond motifs is 2. The predicted octanol–water partition coefficient (Wildman–Crippen LogP) is 0.526. The molecular formula is C13H22N2O2. The first-order valence-electron chi connectivity index (χ1n) is 6.88. The van der Waals surface area contributed by atoms with Gasteiger partial charge in [-0.05, 0) is 31.7 Å². The number of hydrogen-bond acceptors (Lipinski definition) is 3. The van der Waals surface area contributed by atoms with Gasteiger partial charge >= 0.3 is 0 Å². The highest BCUT2D eigenvalue weighted by Crippen LogP contribution is 2.38. The van der Waals surface area contributed by atoms with Crippen molar-refractivity contribution in [2.75, 3.05) is 19.6 Å². The molecule has 0 aliphatic carbocycles. The van der Waals surface area contributed by atoms with E-state index in [1.54, 1.807) is 0 Å². The summed E-state index contributed by atoms with van der Waals surface area (Å²) in [6.07, 6.45) is 4.45. The summed E-state index contributed by atoms with van der Waals surface area (Å²) < 4.78 is 5.80. The van der Waals surface area contributed by atoms with Crippen LogP contribution in [0.2, 0.25) is 0 Å². The standard InChI is InChI=1S/C13H22N2O2/c1-8-5-14-7-11(8)13(16)15-6-9-4-10-2-3-12(9)17-10/h8-12,14H,2-7H2,1H3,(H,15,16). The summed E-state index contributed by atoms with van der Waals surface area (Å²) in [4.78, 5) is 12.0. The van der Waals surface area contributed by atoms with E-state index >= 15 is 0 Å². The number of carbonyl (C=O) groups is 1. The summed E-state index contributed by atoms with van der Waals surface area (Å²) in [7, 11) is 0. The number of carbonyl (C=O) groups excluding carboxylic acids is 1. The van der Waals surface area contributed by atoms with Gasteiger partial charge in [0, 0.05) is 19.0 Å². The first kappa shape index (κ1) is 11.5. The minimum Gasteiger partial charge on any atom is -0.375 e. The van der Waals surface area contributed by atoms with Crippen LogP contribution in [0.1, 0.15) is 26.2 Å². The molecule has 3 fully saturated rings. The summed E-state index contributed by atoms with van der Waals surface area (Å²) in [5.74, 6) is 1.41. The predicted molar refractivity (Wildman–Crippen MR) is 64.5 cm³/mol. The molecule has 3 rings (SSSR count). The van der Waals surface area contributed by atoms with E-state index in [2.05, 4.69) is 17.6 Å². The minimum atomic E-state index is 0.162. The van der Waals surface area contributed by atoms with Crippen molar-refractivity contribution < 1.29 is 9.53 Å². The third-order valence-electron chi connectivity index (χ3n) is 4.62. The number of rotatable bonds is 3. The van der Waals surface area contributed by atoms with Gasteiger partial charge in [-0.15, -0.1) is 0 Å². The molecule has 4 nitrogen and oxygen atoms in total. The summed E-state index contributed by atoms with van der Waals surface area (Å²) >= 11 is 0. The Morgan fingerprint density at radius 1 is 1.41 bits per heavy atom. The highest BCUT2D eigenvalue weighted by Gasteiger charge is 2.41. The molecule has 3 aliphatic rings. The van der Waals surface area contributed by atoms with Crippen molar-refractivity contribution in [3.8, 4) is 0 Å². The van der Waals surface area contributed by atoms with Gasteiger partial charge in [-0.2, -0.15) is 0 Å². The maximum atomic E-state index is 12.0. The van der Waals surface area contributed by atoms with Gasteiger partial charge in [-0.3, -0.25) is 4.79 Å². The van der Waals surface area contributed by atoms with Crippen molar-refractivity contribution in [2.45, 2.75) is 38.4 Å². The molecule has 0 aromatic rings. The number of ether oxygens (including phenoxy) is 1. The lowest BCUT2D eigenvalue weighted by Crippen LogP contribution is -2.39. The number of nitrogens with one attached hydrogen (secondary N) is 2. The van der Waals surface area contributed by atoms with Gasteiger partial charge < -0.3 is 15.4 Å². The van der Waals surface area contributed by atoms with E-state index < -0.39 is 0 Å². The Balaban J connectivity index is 1.46. The van der Waals surface area contributed by atoms with Crippen LogP contribution in [0.3, 0.4) is 0 Å². The molecule has 3 heterocycles. The van der Waals surface area contributed by atoms with Crippen molar-refractivity contribution in [2.24, 2.45) is 17.8 Å². The second-order valence-corrected chi connectivity index (χ2v) is 5.86. The highest BCUT2D eigenvalue weighted by atomic mass is 16.5. The summed E-state index contributed by atoms with van der Waals surface area (Å²) in [5.41, 5.74) is 0. The summed E-state index contributed by atoms with van der Waals surface area (Å²) in [6, 6.07) is 0. The SMILES string of the molecule is CC1CNCC1C(=O)NCC1CC2CCC1O2. The summed E-state index contributed by atoms with van der Waals surface area (Å²) in [6.45, 7) is 4.75. The molecule has 96 valence electrons.